The lowest BCUT2D eigenvalue weighted by atomic mass is 10.3. The first-order valence-corrected chi connectivity index (χ1v) is 4.83. The number of aliphatic carboxylic acids is 1. The summed E-state index contributed by atoms with van der Waals surface area (Å²) in [6, 6.07) is 3.76. The van der Waals surface area contributed by atoms with Gasteiger partial charge in [0.2, 0.25) is 0 Å². The van der Waals surface area contributed by atoms with Gasteiger partial charge in [-0.15, -0.1) is 5.10 Å². The van der Waals surface area contributed by atoms with Crippen LogP contribution in [0.5, 0.6) is 0 Å². The van der Waals surface area contributed by atoms with Crippen LogP contribution in [0.1, 0.15) is 18.5 Å². The van der Waals surface area contributed by atoms with Crippen molar-refractivity contribution in [2.24, 2.45) is 0 Å². The van der Waals surface area contributed by atoms with Gasteiger partial charge in [0.05, 0.1) is 5.69 Å². The molecule has 0 saturated heterocycles. The number of carbonyl (C=O) groups is 1. The van der Waals surface area contributed by atoms with Gasteiger partial charge in [0.25, 0.3) is 0 Å². The van der Waals surface area contributed by atoms with Crippen LogP contribution in [0.2, 0.25) is 0 Å². The predicted octanol–water partition coefficient (Wildman–Crippen LogP) is 1.09. The molecular weight excluding hydrogens is 194 g/mol. The highest BCUT2D eigenvalue weighted by molar-refractivity contribution is 5.66. The fraction of sp³-hybridized carbons (Fsp3) is 0.500. The van der Waals surface area contributed by atoms with Crippen molar-refractivity contribution in [3.63, 3.8) is 0 Å². The second kappa shape index (κ2) is 5.29. The number of hydrogen-bond acceptors (Lipinski definition) is 4. The lowest BCUT2D eigenvalue weighted by Gasteiger charge is -2.16. The van der Waals surface area contributed by atoms with Crippen LogP contribution < -0.4 is 4.90 Å². The molecule has 1 rings (SSSR count). The lowest BCUT2D eigenvalue weighted by Crippen LogP contribution is -2.20. The highest BCUT2D eigenvalue weighted by atomic mass is 16.4. The van der Waals surface area contributed by atoms with E-state index >= 15 is 0 Å². The van der Waals surface area contributed by atoms with Crippen LogP contribution in [-0.4, -0.2) is 34.9 Å². The molecule has 1 aromatic heterocycles. The summed E-state index contributed by atoms with van der Waals surface area (Å²) in [5.74, 6) is 0.00405. The van der Waals surface area contributed by atoms with Crippen molar-refractivity contribution < 1.29 is 9.90 Å². The Kier molecular flexibility index (Phi) is 4.03. The summed E-state index contributed by atoms with van der Waals surface area (Å²) < 4.78 is 0. The van der Waals surface area contributed by atoms with Crippen LogP contribution in [0.4, 0.5) is 5.82 Å². The standard InChI is InChI=1S/C10H15N3O2/c1-8-5-6-9(12-11-8)13(2)7-3-4-10(14)15/h5-6H,3-4,7H2,1-2H3,(H,14,15). The molecule has 0 aliphatic heterocycles. The minimum Gasteiger partial charge on any atom is -0.481 e. The predicted molar refractivity (Wildman–Crippen MR) is 56.9 cm³/mol. The molecule has 5 nitrogen and oxygen atoms in total. The van der Waals surface area contributed by atoms with Gasteiger partial charge in [-0.1, -0.05) is 0 Å². The summed E-state index contributed by atoms with van der Waals surface area (Å²) in [4.78, 5) is 12.2. The van der Waals surface area contributed by atoms with Crippen molar-refractivity contribution in [1.29, 1.82) is 0 Å². The third-order valence-corrected chi connectivity index (χ3v) is 2.06. The van der Waals surface area contributed by atoms with Crippen molar-refractivity contribution >= 4 is 11.8 Å². The second-order valence-electron chi connectivity index (χ2n) is 3.45. The van der Waals surface area contributed by atoms with Gasteiger partial charge < -0.3 is 10.0 Å². The van der Waals surface area contributed by atoms with Crippen LogP contribution in [0.3, 0.4) is 0 Å². The summed E-state index contributed by atoms with van der Waals surface area (Å²) in [6.45, 7) is 2.55. The maximum Gasteiger partial charge on any atom is 0.303 e. The molecule has 0 atom stereocenters. The number of aromatic nitrogens is 2. The van der Waals surface area contributed by atoms with E-state index in [4.69, 9.17) is 5.11 Å². The van der Waals surface area contributed by atoms with E-state index in [-0.39, 0.29) is 6.42 Å². The number of rotatable bonds is 5. The van der Waals surface area contributed by atoms with E-state index in [1.54, 1.807) is 0 Å². The van der Waals surface area contributed by atoms with E-state index in [0.717, 1.165) is 11.5 Å². The molecule has 1 heterocycles. The summed E-state index contributed by atoms with van der Waals surface area (Å²) >= 11 is 0. The van der Waals surface area contributed by atoms with Gasteiger partial charge in [0.15, 0.2) is 5.82 Å². The number of anilines is 1. The van der Waals surface area contributed by atoms with Gasteiger partial charge in [0.1, 0.15) is 0 Å². The van der Waals surface area contributed by atoms with Crippen molar-refractivity contribution in [3.8, 4) is 0 Å². The Morgan fingerprint density at radius 1 is 1.47 bits per heavy atom. The van der Waals surface area contributed by atoms with Crippen LogP contribution in [0.15, 0.2) is 12.1 Å². The molecule has 0 spiro atoms. The van der Waals surface area contributed by atoms with E-state index in [2.05, 4.69) is 10.2 Å². The summed E-state index contributed by atoms with van der Waals surface area (Å²) in [7, 11) is 1.88. The SMILES string of the molecule is Cc1ccc(N(C)CCCC(=O)O)nn1. The summed E-state index contributed by atoms with van der Waals surface area (Å²) in [5.41, 5.74) is 0.873. The van der Waals surface area contributed by atoms with Crippen molar-refractivity contribution in [2.75, 3.05) is 18.5 Å². The fourth-order valence-corrected chi connectivity index (χ4v) is 1.18. The van der Waals surface area contributed by atoms with Crippen LogP contribution in [0, 0.1) is 6.92 Å². The van der Waals surface area contributed by atoms with E-state index in [0.29, 0.717) is 13.0 Å². The van der Waals surface area contributed by atoms with Gasteiger partial charge in [-0.25, -0.2) is 0 Å². The third kappa shape index (κ3) is 3.93. The molecule has 0 aliphatic rings. The topological polar surface area (TPSA) is 66.3 Å². The van der Waals surface area contributed by atoms with Crippen molar-refractivity contribution in [3.05, 3.63) is 17.8 Å². The Morgan fingerprint density at radius 3 is 2.73 bits per heavy atom. The maximum atomic E-state index is 10.3. The van der Waals surface area contributed by atoms with Crippen LogP contribution >= 0.6 is 0 Å². The molecule has 0 unspecified atom stereocenters. The van der Waals surface area contributed by atoms with Gasteiger partial charge in [-0.2, -0.15) is 5.10 Å². The van der Waals surface area contributed by atoms with Crippen molar-refractivity contribution in [2.45, 2.75) is 19.8 Å². The molecular formula is C10H15N3O2. The van der Waals surface area contributed by atoms with E-state index in [9.17, 15) is 4.79 Å². The molecule has 15 heavy (non-hydrogen) atoms. The average Bonchev–Trinajstić information content (AvgIpc) is 2.18. The zero-order chi connectivity index (χ0) is 11.3. The second-order valence-corrected chi connectivity index (χ2v) is 3.45. The quantitative estimate of drug-likeness (QED) is 0.786. The van der Waals surface area contributed by atoms with Gasteiger partial charge in [-0.3, -0.25) is 4.79 Å². The monoisotopic (exact) mass is 209 g/mol. The molecule has 0 aliphatic carbocycles. The summed E-state index contributed by atoms with van der Waals surface area (Å²) in [6.07, 6.45) is 0.797. The fourth-order valence-electron chi connectivity index (χ4n) is 1.18. The van der Waals surface area contributed by atoms with Gasteiger partial charge in [-0.05, 0) is 25.5 Å². The first kappa shape index (κ1) is 11.4. The third-order valence-electron chi connectivity index (χ3n) is 2.06. The Morgan fingerprint density at radius 2 is 2.20 bits per heavy atom. The normalized spacial score (nSPS) is 10.0. The molecule has 0 aromatic carbocycles. The number of nitrogens with zero attached hydrogens (tertiary/aromatic N) is 3. The molecule has 1 N–H and O–H groups in total. The van der Waals surface area contributed by atoms with Crippen LogP contribution in [0.25, 0.3) is 0 Å². The molecule has 1 aromatic rings. The highest BCUT2D eigenvalue weighted by Crippen LogP contribution is 2.07. The Bertz CT molecular complexity index is 324. The lowest BCUT2D eigenvalue weighted by molar-refractivity contribution is -0.137. The molecule has 0 fully saturated rings. The van der Waals surface area contributed by atoms with Gasteiger partial charge >= 0.3 is 5.97 Å². The van der Waals surface area contributed by atoms with Gasteiger partial charge in [0, 0.05) is 20.0 Å². The molecule has 0 radical (unpaired) electrons. The molecule has 0 bridgehead atoms. The van der Waals surface area contributed by atoms with Crippen LogP contribution in [-0.2, 0) is 4.79 Å². The number of carboxylic acids is 1. The summed E-state index contributed by atoms with van der Waals surface area (Å²) in [5, 5.41) is 16.4. The highest BCUT2D eigenvalue weighted by Gasteiger charge is 2.03. The number of carboxylic acid groups (broad SMARTS) is 1. The first-order chi connectivity index (χ1) is 7.09. The minimum absolute atomic E-state index is 0.184. The molecule has 0 amide bonds. The molecule has 82 valence electrons. The zero-order valence-electron chi connectivity index (χ0n) is 8.97. The smallest absolute Gasteiger partial charge is 0.303 e. The molecule has 0 saturated carbocycles. The zero-order valence-corrected chi connectivity index (χ0v) is 8.97. The Hall–Kier alpha value is -1.65. The Labute approximate surface area is 88.7 Å². The number of aryl methyl sites for hydroxylation is 1. The average molecular weight is 209 g/mol. The maximum absolute atomic E-state index is 10.3. The van der Waals surface area contributed by atoms with E-state index < -0.39 is 5.97 Å². The first-order valence-electron chi connectivity index (χ1n) is 4.83. The number of hydrogen-bond donors (Lipinski definition) is 1. The minimum atomic E-state index is -0.765. The largest absolute Gasteiger partial charge is 0.481 e. The molecule has 5 heteroatoms. The van der Waals surface area contributed by atoms with Crippen molar-refractivity contribution in [1.82, 2.24) is 10.2 Å². The Balaban J connectivity index is 2.43. The van der Waals surface area contributed by atoms with E-state index in [1.165, 1.54) is 0 Å². The van der Waals surface area contributed by atoms with E-state index in [1.807, 2.05) is 31.0 Å².